The van der Waals surface area contributed by atoms with Crippen LogP contribution >= 0.6 is 24.8 Å². The van der Waals surface area contributed by atoms with Crippen molar-refractivity contribution in [1.29, 1.82) is 0 Å². The molecule has 0 N–H and O–H groups in total. The van der Waals surface area contributed by atoms with Crippen LogP contribution in [0, 0.1) is 5.92 Å². The van der Waals surface area contributed by atoms with Crippen LogP contribution in [0.2, 0.25) is 2.75 Å². The van der Waals surface area contributed by atoms with E-state index in [4.69, 9.17) is 0 Å². The van der Waals surface area contributed by atoms with Crippen molar-refractivity contribution in [3.8, 4) is 0 Å². The predicted molar refractivity (Wildman–Crippen MR) is 108 cm³/mol. The number of allylic oxidation sites excluding steroid dienone is 8. The summed E-state index contributed by atoms with van der Waals surface area (Å²) in [6.07, 6.45) is 14.6. The van der Waals surface area contributed by atoms with Crippen molar-refractivity contribution in [2.24, 2.45) is 5.92 Å². The normalized spacial score (nSPS) is 25.6. The molecule has 129 valence electrons. The topological polar surface area (TPSA) is 0 Å². The Morgan fingerprint density at radius 3 is 2.13 bits per heavy atom. The summed E-state index contributed by atoms with van der Waals surface area (Å²) in [7, 11) is 1.42. The summed E-state index contributed by atoms with van der Waals surface area (Å²) in [6.45, 7) is 9.67. The Morgan fingerprint density at radius 1 is 1.09 bits per heavy atom. The number of halogens is 2. The SMILES string of the molecule is CC1=C(C)C(C)[C]([Zr]([C]2=CC=CC2)[C]2([SiH3])CCCC2)=C1C.Cl.Cl. The standard InChI is InChI=1S/C9H13.C5H11Si.C5H5.2ClH.Zr/c1-6-5-7(2)9(4)8(6)3;6-5-3-1-2-4-5;1-2-4-5-3-1;;;/h6H,1-4H3;1-4H2,6H3;1-3H,4H2;2*1H;. The minimum atomic E-state index is -1.72. The van der Waals surface area contributed by atoms with Crippen LogP contribution < -0.4 is 0 Å². The maximum Gasteiger partial charge on any atom is -0.147 e. The number of rotatable bonds is 3. The molecule has 0 bridgehead atoms. The van der Waals surface area contributed by atoms with Crippen molar-refractivity contribution in [3.05, 3.63) is 41.5 Å². The van der Waals surface area contributed by atoms with Gasteiger partial charge in [0.05, 0.1) is 0 Å². The van der Waals surface area contributed by atoms with E-state index in [1.54, 1.807) is 29.6 Å². The van der Waals surface area contributed by atoms with E-state index in [-0.39, 0.29) is 24.8 Å². The molecule has 1 atom stereocenters. The molecule has 0 radical (unpaired) electrons. The van der Waals surface area contributed by atoms with Gasteiger partial charge < -0.3 is 0 Å². The van der Waals surface area contributed by atoms with Gasteiger partial charge in [0.15, 0.2) is 0 Å². The summed E-state index contributed by atoms with van der Waals surface area (Å²) in [4.78, 5) is 0. The van der Waals surface area contributed by atoms with E-state index in [9.17, 15) is 0 Å². The van der Waals surface area contributed by atoms with Crippen LogP contribution in [0.3, 0.4) is 0 Å². The fourth-order valence-electron chi connectivity index (χ4n) is 4.69. The first-order valence-corrected chi connectivity index (χ1v) is 13.3. The molecule has 0 nitrogen and oxygen atoms in total. The number of hydrogen-bond donors (Lipinski definition) is 0. The van der Waals surface area contributed by atoms with Crippen LogP contribution in [0.25, 0.3) is 0 Å². The van der Waals surface area contributed by atoms with Gasteiger partial charge in [-0.1, -0.05) is 0 Å². The van der Waals surface area contributed by atoms with Crippen LogP contribution in [0.4, 0.5) is 0 Å². The van der Waals surface area contributed by atoms with E-state index in [1.165, 1.54) is 29.5 Å². The van der Waals surface area contributed by atoms with Gasteiger partial charge in [-0.3, -0.25) is 0 Å². The third-order valence-corrected chi connectivity index (χ3v) is 20.3. The van der Waals surface area contributed by atoms with E-state index in [2.05, 4.69) is 45.9 Å². The molecule has 0 amide bonds. The molecule has 23 heavy (non-hydrogen) atoms. The Labute approximate surface area is 165 Å². The van der Waals surface area contributed by atoms with Gasteiger partial charge in [-0.05, 0) is 0 Å². The Balaban J connectivity index is 0.00000132. The molecule has 1 unspecified atom stereocenters. The van der Waals surface area contributed by atoms with Gasteiger partial charge in [-0.15, -0.1) is 24.8 Å². The molecule has 0 aromatic rings. The molecule has 3 aliphatic rings. The van der Waals surface area contributed by atoms with Crippen molar-refractivity contribution in [1.82, 2.24) is 0 Å². The van der Waals surface area contributed by atoms with Crippen LogP contribution in [0.5, 0.6) is 0 Å². The summed E-state index contributed by atoms with van der Waals surface area (Å²) < 4.78 is 4.69. The van der Waals surface area contributed by atoms with Crippen LogP contribution in [-0.2, 0) is 21.8 Å². The first kappa shape index (κ1) is 21.7. The maximum absolute atomic E-state index is 2.52. The first-order chi connectivity index (χ1) is 9.96. The third kappa shape index (κ3) is 3.76. The Kier molecular flexibility index (Phi) is 7.87. The van der Waals surface area contributed by atoms with Gasteiger partial charge in [0.25, 0.3) is 0 Å². The molecule has 0 saturated heterocycles. The first-order valence-electron chi connectivity index (χ1n) is 8.58. The quantitative estimate of drug-likeness (QED) is 0.492. The summed E-state index contributed by atoms with van der Waals surface area (Å²) >= 11 is -1.72. The average molecular weight is 450 g/mol. The zero-order chi connectivity index (χ0) is 15.2. The van der Waals surface area contributed by atoms with Crippen molar-refractivity contribution in [2.45, 2.75) is 62.5 Å². The van der Waals surface area contributed by atoms with Crippen molar-refractivity contribution < 1.29 is 21.8 Å². The summed E-state index contributed by atoms with van der Waals surface area (Å²) in [6, 6.07) is 0. The predicted octanol–water partition coefficient (Wildman–Crippen LogP) is 5.61. The van der Waals surface area contributed by atoms with Gasteiger partial charge in [-0.25, -0.2) is 0 Å². The van der Waals surface area contributed by atoms with E-state index in [1.807, 2.05) is 6.56 Å². The molecule has 0 aromatic carbocycles. The molecular weight excluding hydrogens is 418 g/mol. The van der Waals surface area contributed by atoms with Gasteiger partial charge in [0, 0.05) is 0 Å². The molecule has 1 saturated carbocycles. The number of hydrogen-bond acceptors (Lipinski definition) is 0. The Morgan fingerprint density at radius 2 is 1.70 bits per heavy atom. The Bertz CT molecular complexity index is 580. The van der Waals surface area contributed by atoms with Gasteiger partial charge in [-0.2, -0.15) is 0 Å². The summed E-state index contributed by atoms with van der Waals surface area (Å²) in [5.74, 6) is 0.743. The second-order valence-electron chi connectivity index (χ2n) is 7.54. The second-order valence-corrected chi connectivity index (χ2v) is 19.6. The van der Waals surface area contributed by atoms with E-state index in [0.717, 1.165) is 8.66 Å². The van der Waals surface area contributed by atoms with Crippen molar-refractivity contribution in [2.75, 3.05) is 0 Å². The molecule has 1 fully saturated rings. The molecule has 3 rings (SSSR count). The van der Waals surface area contributed by atoms with E-state index in [0.29, 0.717) is 0 Å². The van der Waals surface area contributed by atoms with Gasteiger partial charge in [0.1, 0.15) is 0 Å². The molecule has 0 heterocycles. The van der Waals surface area contributed by atoms with E-state index >= 15 is 0 Å². The van der Waals surface area contributed by atoms with Crippen molar-refractivity contribution in [3.63, 3.8) is 0 Å². The zero-order valence-electron chi connectivity index (χ0n) is 15.2. The molecular formula is C19H31Cl2SiZr. The molecule has 0 spiro atoms. The summed E-state index contributed by atoms with van der Waals surface area (Å²) in [5.41, 5.74) is 4.98. The Hall–Kier alpha value is 0.640. The average Bonchev–Trinajstić information content (AvgIpc) is 3.16. The van der Waals surface area contributed by atoms with Gasteiger partial charge >= 0.3 is 142 Å². The van der Waals surface area contributed by atoms with Crippen LogP contribution in [0.1, 0.15) is 59.8 Å². The van der Waals surface area contributed by atoms with E-state index < -0.39 is 21.8 Å². The second kappa shape index (κ2) is 8.35. The minimum Gasteiger partial charge on any atom is -0.147 e. The van der Waals surface area contributed by atoms with Crippen LogP contribution in [0.15, 0.2) is 41.5 Å². The fraction of sp³-hybridized carbons (Fsp3) is 0.579. The smallest absolute Gasteiger partial charge is 0.147 e. The monoisotopic (exact) mass is 447 g/mol. The zero-order valence-corrected chi connectivity index (χ0v) is 21.3. The molecule has 3 aliphatic carbocycles. The molecule has 0 aliphatic heterocycles. The van der Waals surface area contributed by atoms with Gasteiger partial charge in [0.2, 0.25) is 0 Å². The maximum atomic E-state index is 2.52. The van der Waals surface area contributed by atoms with Crippen molar-refractivity contribution >= 4 is 35.1 Å². The third-order valence-electron chi connectivity index (χ3n) is 6.31. The summed E-state index contributed by atoms with van der Waals surface area (Å²) in [5, 5.41) is 0. The minimum absolute atomic E-state index is 0. The van der Waals surface area contributed by atoms with Crippen LogP contribution in [-0.4, -0.2) is 10.2 Å². The molecule has 4 heteroatoms. The fourth-order valence-corrected chi connectivity index (χ4v) is 19.8. The molecule has 0 aromatic heterocycles. The largest absolute Gasteiger partial charge is 0.147 e.